The van der Waals surface area contributed by atoms with Gasteiger partial charge in [-0.2, -0.15) is 0 Å². The largest absolute Gasteiger partial charge is 0.481 e. The molecule has 0 fully saturated rings. The molecule has 0 aliphatic carbocycles. The van der Waals surface area contributed by atoms with E-state index in [2.05, 4.69) is 292 Å². The van der Waals surface area contributed by atoms with E-state index in [9.17, 15) is 33.6 Å². The van der Waals surface area contributed by atoms with E-state index in [1.165, 1.54) is 110 Å². The van der Waals surface area contributed by atoms with E-state index in [0.29, 0.717) is 98.9 Å². The van der Waals surface area contributed by atoms with Crippen molar-refractivity contribution in [1.29, 1.82) is 0 Å². The van der Waals surface area contributed by atoms with Gasteiger partial charge in [-0.25, -0.2) is 4.79 Å². The van der Waals surface area contributed by atoms with Crippen LogP contribution in [0, 0.1) is 47.3 Å². The fourth-order valence-corrected chi connectivity index (χ4v) is 14.6. The molecule has 0 atom stereocenters. The highest BCUT2D eigenvalue weighted by molar-refractivity contribution is 5.89. The summed E-state index contributed by atoms with van der Waals surface area (Å²) in [7, 11) is 1.39. The molecule has 13 heteroatoms. The Hall–Kier alpha value is -9.75. The average molecular weight is 1800 g/mol. The van der Waals surface area contributed by atoms with E-state index >= 15 is 0 Å². The first-order chi connectivity index (χ1) is 62.4. The van der Waals surface area contributed by atoms with Crippen molar-refractivity contribution in [3.05, 3.63) is 283 Å². The van der Waals surface area contributed by atoms with E-state index in [1.807, 2.05) is 45.0 Å². The van der Waals surface area contributed by atoms with Gasteiger partial charge >= 0.3 is 35.8 Å². The number of methoxy groups -OCH3 is 1. The Morgan fingerprint density at radius 1 is 0.237 bits per heavy atom. The van der Waals surface area contributed by atoms with Crippen molar-refractivity contribution >= 4 is 41.6 Å². The number of carboxylic acid groups (broad SMARTS) is 2. The standard InChI is InChI=1S/C18H28O2.2C16H24O2.C15H22O2.C14H20O2.C14H20O.C13H20.C12H16O2/c1-4-20-18(19)9-7-5-6-8-16-10-12-17(13-11-16)14-15(2)3;1-13(2)12-15-10-8-14(9-11-15)6-4-3-5-7-16(17)18;1-4-18-16(17)7-5-6-14-8-10-15(11-9-14)12-13(2)3;1-4-17-15(16)10-9-13-5-7-14(8-6-13)11-12(2)3;1-11(2)10-13-8-6-12(7-9-13)4-3-5-14(15)16;1-11(2)10-14-8-6-13(7-9-14)5-4-12(3)15;1-4-5-12-6-8-13(9-7-12)10-11(2)3;1-9(2)8-10-4-6-11(7-5-10)12(13)14-3/h10-13,15H,4-9,14H2,1-3H3;8-11,13H,3-7,12H2,1-2H3,(H,17,18);8-11,13H,4-7,12H2,1-3H3;5-8,12H,4,9-11H2,1-3H3;6-9,11H,3-5,10H2,1-2H3,(H,15,16);6-9,11H,4-5,10H2,1-3H3;6-9,11H,4-5,10H2,1-3H3;4-7,9H,8H2,1-3H3. The van der Waals surface area contributed by atoms with Crippen LogP contribution >= 0.6 is 0 Å². The summed E-state index contributed by atoms with van der Waals surface area (Å²) >= 11 is 0. The van der Waals surface area contributed by atoms with Crippen molar-refractivity contribution in [3.8, 4) is 0 Å². The first-order valence-electron chi connectivity index (χ1n) is 49.5. The zero-order valence-electron chi connectivity index (χ0n) is 85.3. The number of aryl methyl sites for hydroxylation is 7. The van der Waals surface area contributed by atoms with Gasteiger partial charge in [0.25, 0.3) is 0 Å². The molecule has 0 spiro atoms. The molecule has 8 rings (SSSR count). The van der Waals surface area contributed by atoms with Crippen LogP contribution in [0.5, 0.6) is 0 Å². The second kappa shape index (κ2) is 73.8. The molecule has 0 amide bonds. The van der Waals surface area contributed by atoms with E-state index in [-0.39, 0.29) is 36.1 Å². The third kappa shape index (κ3) is 67.1. The first kappa shape index (κ1) is 119. The monoisotopic (exact) mass is 1800 g/mol. The fourth-order valence-electron chi connectivity index (χ4n) is 14.6. The lowest BCUT2D eigenvalue weighted by Gasteiger charge is -2.06. The molecule has 724 valence electrons. The second-order valence-corrected chi connectivity index (χ2v) is 38.2. The van der Waals surface area contributed by atoms with E-state index in [4.69, 9.17) is 24.4 Å². The Balaban J connectivity index is 0.000000751. The fraction of sp³-hybridized carbons (Fsp3) is 0.534. The lowest BCUT2D eigenvalue weighted by molar-refractivity contribution is -0.144. The summed E-state index contributed by atoms with van der Waals surface area (Å²) in [6, 6.07) is 68.8. The number of Topliss-reactive ketones (excluding diaryl/α,β-unsaturated/α-hetero) is 1. The number of unbranched alkanes of at least 4 members (excludes halogenated alkanes) is 4. The second-order valence-electron chi connectivity index (χ2n) is 38.2. The molecule has 0 saturated carbocycles. The number of ketones is 1. The summed E-state index contributed by atoms with van der Waals surface area (Å²) in [6.45, 7) is 46.4. The Bertz CT molecular complexity index is 4250. The molecule has 0 saturated heterocycles. The van der Waals surface area contributed by atoms with Crippen molar-refractivity contribution < 1.29 is 62.7 Å². The van der Waals surface area contributed by atoms with Crippen LogP contribution in [-0.2, 0) is 144 Å². The number of hydrogen-bond donors (Lipinski definition) is 2. The van der Waals surface area contributed by atoms with Gasteiger partial charge in [-0.15, -0.1) is 0 Å². The quantitative estimate of drug-likeness (QED) is 0.0208. The molecule has 0 aliphatic heterocycles. The van der Waals surface area contributed by atoms with Gasteiger partial charge in [-0.3, -0.25) is 24.0 Å². The van der Waals surface area contributed by atoms with Crippen LogP contribution in [0.3, 0.4) is 0 Å². The predicted molar refractivity (Wildman–Crippen MR) is 548 cm³/mol. The highest BCUT2D eigenvalue weighted by Crippen LogP contribution is 2.21. The third-order valence-corrected chi connectivity index (χ3v) is 20.9. The maximum Gasteiger partial charge on any atom is 0.337 e. The van der Waals surface area contributed by atoms with Crippen LogP contribution < -0.4 is 0 Å². The van der Waals surface area contributed by atoms with Gasteiger partial charge in [0.1, 0.15) is 5.78 Å². The van der Waals surface area contributed by atoms with E-state index < -0.39 is 11.9 Å². The van der Waals surface area contributed by atoms with Crippen molar-refractivity contribution in [2.24, 2.45) is 47.3 Å². The summed E-state index contributed by atoms with van der Waals surface area (Å²) in [5.41, 5.74) is 20.9. The Labute approximate surface area is 795 Å². The molecular weight excluding hydrogens is 1630 g/mol. The third-order valence-electron chi connectivity index (χ3n) is 20.9. The topological polar surface area (TPSA) is 197 Å². The summed E-state index contributed by atoms with van der Waals surface area (Å²) in [6.07, 6.45) is 27.4. The molecule has 0 bridgehead atoms. The Morgan fingerprint density at radius 2 is 0.435 bits per heavy atom. The highest BCUT2D eigenvalue weighted by atomic mass is 16.5. The molecule has 131 heavy (non-hydrogen) atoms. The number of carboxylic acids is 2. The van der Waals surface area contributed by atoms with Gasteiger partial charge < -0.3 is 34.0 Å². The first-order valence-corrected chi connectivity index (χ1v) is 49.5. The SMILES string of the molecule is CC(=O)CCc1ccc(CC(C)C)cc1.CC(C)Cc1ccc(CCCC(=O)O)cc1.CC(C)Cc1ccc(CCCCCC(=O)O)cc1.CCCc1ccc(CC(C)C)cc1.CCOC(=O)CCCCCc1ccc(CC(C)C)cc1.CCOC(=O)CCCc1ccc(CC(C)C)cc1.CCOC(=O)CCc1ccc(CC(C)C)cc1.COC(=O)c1ccc(CC(C)C)cc1. The van der Waals surface area contributed by atoms with Crippen LogP contribution in [0.1, 0.15) is 336 Å². The number of carbonyl (C=O) groups excluding carboxylic acids is 5. The maximum atomic E-state index is 11.2. The molecule has 0 unspecified atom stereocenters. The molecule has 2 N–H and O–H groups in total. The molecule has 0 heterocycles. The summed E-state index contributed by atoms with van der Waals surface area (Å²) < 4.78 is 19.3. The molecular formula is C118H174O13. The smallest absolute Gasteiger partial charge is 0.337 e. The number of rotatable bonds is 48. The Morgan fingerprint density at radius 3 is 0.672 bits per heavy atom. The predicted octanol–water partition coefficient (Wildman–Crippen LogP) is 29.0. The molecule has 0 aliphatic rings. The van der Waals surface area contributed by atoms with Crippen molar-refractivity contribution in [2.45, 2.75) is 338 Å². The lowest BCUT2D eigenvalue weighted by atomic mass is 10.00. The highest BCUT2D eigenvalue weighted by Gasteiger charge is 2.11. The Kier molecular flexibility index (Phi) is 67.2. The number of carbonyl (C=O) groups is 7. The minimum atomic E-state index is -0.712. The summed E-state index contributed by atoms with van der Waals surface area (Å²) in [4.78, 5) is 76.2. The van der Waals surface area contributed by atoms with Crippen LogP contribution in [0.2, 0.25) is 0 Å². The van der Waals surface area contributed by atoms with Crippen molar-refractivity contribution in [1.82, 2.24) is 0 Å². The normalized spacial score (nSPS) is 10.7. The number of esters is 4. The van der Waals surface area contributed by atoms with Gasteiger partial charge in [0.05, 0.1) is 32.5 Å². The van der Waals surface area contributed by atoms with E-state index in [1.54, 1.807) is 6.92 Å². The number of benzene rings is 8. The summed E-state index contributed by atoms with van der Waals surface area (Å²) in [5.74, 6) is 3.89. The molecule has 0 radical (unpaired) electrons. The van der Waals surface area contributed by atoms with Crippen molar-refractivity contribution in [3.63, 3.8) is 0 Å². The number of ether oxygens (including phenoxy) is 4. The zero-order valence-corrected chi connectivity index (χ0v) is 85.3. The summed E-state index contributed by atoms with van der Waals surface area (Å²) in [5, 5.41) is 17.1. The van der Waals surface area contributed by atoms with Crippen LogP contribution in [0.25, 0.3) is 0 Å². The lowest BCUT2D eigenvalue weighted by Crippen LogP contribution is -2.05. The van der Waals surface area contributed by atoms with Gasteiger partial charge in [0.2, 0.25) is 0 Å². The minimum Gasteiger partial charge on any atom is -0.481 e. The van der Waals surface area contributed by atoms with Gasteiger partial charge in [-0.1, -0.05) is 319 Å². The van der Waals surface area contributed by atoms with E-state index in [0.717, 1.165) is 141 Å². The minimum absolute atomic E-state index is 0.0643. The molecule has 8 aromatic carbocycles. The van der Waals surface area contributed by atoms with Crippen molar-refractivity contribution in [2.75, 3.05) is 26.9 Å². The molecule has 0 aromatic heterocycles. The number of hydrogen-bond acceptors (Lipinski definition) is 11. The van der Waals surface area contributed by atoms with Crippen LogP contribution in [0.15, 0.2) is 194 Å². The van der Waals surface area contributed by atoms with Gasteiger partial charge in [-0.05, 0) is 305 Å². The molecule has 13 nitrogen and oxygen atoms in total. The zero-order chi connectivity index (χ0) is 97.7. The average Bonchev–Trinajstić information content (AvgIpc) is 0.769. The van der Waals surface area contributed by atoms with Gasteiger partial charge in [0.15, 0.2) is 0 Å². The maximum absolute atomic E-state index is 11.2. The van der Waals surface area contributed by atoms with Crippen LogP contribution in [0.4, 0.5) is 0 Å². The van der Waals surface area contributed by atoms with Crippen LogP contribution in [-0.4, -0.2) is 78.7 Å². The number of aliphatic carboxylic acids is 2. The van der Waals surface area contributed by atoms with Gasteiger partial charge in [0, 0.05) is 38.5 Å². The molecule has 8 aromatic rings.